The maximum Gasteiger partial charge on any atom is 0.123 e. The smallest absolute Gasteiger partial charge is 0.123 e. The molecule has 1 fully saturated rings. The molecule has 0 aliphatic carbocycles. The van der Waals surface area contributed by atoms with Crippen LogP contribution in [0.3, 0.4) is 0 Å². The van der Waals surface area contributed by atoms with Crippen molar-refractivity contribution in [2.75, 3.05) is 13.7 Å². The van der Waals surface area contributed by atoms with E-state index in [1.807, 2.05) is 6.07 Å². The molecule has 2 aromatic rings. The minimum Gasteiger partial charge on any atom is -0.380 e. The molecule has 1 saturated heterocycles. The molecule has 2 unspecified atom stereocenters. The Bertz CT molecular complexity index is 583. The van der Waals surface area contributed by atoms with Crippen molar-refractivity contribution < 1.29 is 4.74 Å². The third-order valence-corrected chi connectivity index (χ3v) is 4.78. The maximum absolute atomic E-state index is 6.14. The fraction of sp³-hybridized carbons (Fsp3) is 0.417. The molecule has 102 valence electrons. The number of nitrogens with one attached hydrogen (secondary N) is 2. The van der Waals surface area contributed by atoms with E-state index in [0.717, 1.165) is 30.0 Å². The van der Waals surface area contributed by atoms with Crippen molar-refractivity contribution >= 4 is 34.5 Å². The number of rotatable bonds is 3. The Labute approximate surface area is 125 Å². The number of imidazole rings is 1. The summed E-state index contributed by atoms with van der Waals surface area (Å²) in [7, 11) is 1.73. The van der Waals surface area contributed by atoms with Gasteiger partial charge in [-0.15, -0.1) is 11.3 Å². The number of methoxy groups -OCH3 is 1. The molecule has 19 heavy (non-hydrogen) atoms. The first-order valence-electron chi connectivity index (χ1n) is 5.93. The second kappa shape index (κ2) is 5.42. The number of nitrogens with zero attached hydrogens (tertiary/aromatic N) is 1. The molecule has 4 nitrogen and oxygen atoms in total. The summed E-state index contributed by atoms with van der Waals surface area (Å²) in [6.45, 7) is 0.849. The van der Waals surface area contributed by atoms with Crippen LogP contribution in [0.1, 0.15) is 18.3 Å². The van der Waals surface area contributed by atoms with Gasteiger partial charge >= 0.3 is 0 Å². The Morgan fingerprint density at radius 1 is 1.47 bits per heavy atom. The monoisotopic (exact) mass is 317 g/mol. The normalized spacial score (nSPS) is 23.1. The minimum absolute atomic E-state index is 0.201. The first-order valence-corrected chi connectivity index (χ1v) is 7.51. The lowest BCUT2D eigenvalue weighted by Gasteiger charge is -2.06. The minimum atomic E-state index is 0.201. The van der Waals surface area contributed by atoms with Gasteiger partial charge in [-0.3, -0.25) is 0 Å². The lowest BCUT2D eigenvalue weighted by atomic mass is 10.2. The number of hydrogen-bond donors (Lipinski definition) is 2. The number of thiophene rings is 1. The molecule has 0 aromatic carbocycles. The van der Waals surface area contributed by atoms with Gasteiger partial charge in [-0.2, -0.15) is 0 Å². The van der Waals surface area contributed by atoms with Crippen molar-refractivity contribution in [2.45, 2.75) is 18.6 Å². The van der Waals surface area contributed by atoms with Crippen molar-refractivity contribution in [3.05, 3.63) is 26.8 Å². The zero-order chi connectivity index (χ0) is 13.4. The number of H-pyrrole nitrogens is 1. The third-order valence-electron chi connectivity index (χ3n) is 3.30. The van der Waals surface area contributed by atoms with Gasteiger partial charge in [0.05, 0.1) is 28.4 Å². The molecule has 0 saturated carbocycles. The van der Waals surface area contributed by atoms with E-state index in [4.69, 9.17) is 27.9 Å². The number of halogens is 2. The Hall–Kier alpha value is -0.590. The molecule has 7 heteroatoms. The van der Waals surface area contributed by atoms with Gasteiger partial charge in [-0.1, -0.05) is 23.2 Å². The Morgan fingerprint density at radius 2 is 2.32 bits per heavy atom. The third kappa shape index (κ3) is 2.66. The van der Waals surface area contributed by atoms with E-state index in [1.54, 1.807) is 13.3 Å². The van der Waals surface area contributed by atoms with Crippen LogP contribution in [0.2, 0.25) is 8.67 Å². The van der Waals surface area contributed by atoms with Crippen molar-refractivity contribution in [3.8, 4) is 11.3 Å². The van der Waals surface area contributed by atoms with Crippen LogP contribution in [0, 0.1) is 0 Å². The van der Waals surface area contributed by atoms with Crippen molar-refractivity contribution in [3.63, 3.8) is 0 Å². The first-order chi connectivity index (χ1) is 9.17. The summed E-state index contributed by atoms with van der Waals surface area (Å²) in [5.41, 5.74) is 1.79. The summed E-state index contributed by atoms with van der Waals surface area (Å²) in [6.07, 6.45) is 2.96. The highest BCUT2D eigenvalue weighted by Gasteiger charge is 2.27. The molecule has 2 aromatic heterocycles. The van der Waals surface area contributed by atoms with E-state index < -0.39 is 0 Å². The summed E-state index contributed by atoms with van der Waals surface area (Å²) in [5, 5.41) is 3.38. The predicted octanol–water partition coefficient (Wildman–Crippen LogP) is 3.49. The number of aromatic amines is 1. The molecule has 0 spiro atoms. The largest absolute Gasteiger partial charge is 0.380 e. The highest BCUT2D eigenvalue weighted by Crippen LogP contribution is 2.37. The van der Waals surface area contributed by atoms with Gasteiger partial charge in [0.1, 0.15) is 10.2 Å². The topological polar surface area (TPSA) is 49.9 Å². The summed E-state index contributed by atoms with van der Waals surface area (Å²) >= 11 is 13.5. The number of hydrogen-bond acceptors (Lipinski definition) is 4. The van der Waals surface area contributed by atoms with E-state index in [2.05, 4.69) is 15.3 Å². The molecule has 0 bridgehead atoms. The van der Waals surface area contributed by atoms with Crippen LogP contribution < -0.4 is 5.32 Å². The standard InChI is InChI=1S/C12H13Cl2N3OS/c1-18-6-2-8(15-4-6)12-16-5-9(17-12)7-3-10(13)19-11(7)14/h3,5-6,8,15H,2,4H2,1H3,(H,16,17). The van der Waals surface area contributed by atoms with Crippen LogP contribution in [0.25, 0.3) is 11.3 Å². The molecule has 0 radical (unpaired) electrons. The van der Waals surface area contributed by atoms with Gasteiger partial charge in [0.15, 0.2) is 0 Å². The summed E-state index contributed by atoms with van der Waals surface area (Å²) in [6, 6.07) is 2.05. The molecule has 3 rings (SSSR count). The molecule has 2 atom stereocenters. The summed E-state index contributed by atoms with van der Waals surface area (Å²) in [5.74, 6) is 0.910. The second-order valence-corrected chi connectivity index (χ2v) is 6.76. The summed E-state index contributed by atoms with van der Waals surface area (Å²) < 4.78 is 6.69. The van der Waals surface area contributed by atoms with E-state index >= 15 is 0 Å². The highest BCUT2D eigenvalue weighted by molar-refractivity contribution is 7.20. The molecule has 2 N–H and O–H groups in total. The van der Waals surface area contributed by atoms with Gasteiger partial charge in [-0.25, -0.2) is 4.98 Å². The first kappa shape index (κ1) is 13.4. The lowest BCUT2D eigenvalue weighted by Crippen LogP contribution is -2.16. The van der Waals surface area contributed by atoms with Crippen LogP contribution in [-0.4, -0.2) is 29.7 Å². The van der Waals surface area contributed by atoms with Gasteiger partial charge in [0.25, 0.3) is 0 Å². The van der Waals surface area contributed by atoms with Gasteiger partial charge in [0.2, 0.25) is 0 Å². The molecule has 3 heterocycles. The molecular formula is C12H13Cl2N3OS. The maximum atomic E-state index is 6.14. The molecule has 1 aliphatic heterocycles. The van der Waals surface area contributed by atoms with Crippen LogP contribution in [0.15, 0.2) is 12.3 Å². The average Bonchev–Trinajstić information content (AvgIpc) is 3.07. The molecule has 0 amide bonds. The van der Waals surface area contributed by atoms with E-state index in [-0.39, 0.29) is 12.1 Å². The lowest BCUT2D eigenvalue weighted by molar-refractivity contribution is 0.117. The number of ether oxygens (including phenoxy) is 1. The fourth-order valence-electron chi connectivity index (χ4n) is 2.27. The highest BCUT2D eigenvalue weighted by atomic mass is 35.5. The zero-order valence-electron chi connectivity index (χ0n) is 10.2. The Kier molecular flexibility index (Phi) is 3.82. The van der Waals surface area contributed by atoms with Gasteiger partial charge in [-0.05, 0) is 12.5 Å². The van der Waals surface area contributed by atoms with E-state index in [0.29, 0.717) is 8.67 Å². The van der Waals surface area contributed by atoms with Crippen LogP contribution in [0.4, 0.5) is 0 Å². The Morgan fingerprint density at radius 3 is 2.95 bits per heavy atom. The SMILES string of the molecule is COC1CNC(c2ncc(-c3cc(Cl)sc3Cl)[nH]2)C1. The van der Waals surface area contributed by atoms with Gasteiger partial charge in [0, 0.05) is 19.2 Å². The van der Waals surface area contributed by atoms with E-state index in [1.165, 1.54) is 11.3 Å². The van der Waals surface area contributed by atoms with Crippen LogP contribution >= 0.6 is 34.5 Å². The van der Waals surface area contributed by atoms with Crippen molar-refractivity contribution in [1.29, 1.82) is 0 Å². The molecular weight excluding hydrogens is 305 g/mol. The van der Waals surface area contributed by atoms with Crippen LogP contribution in [-0.2, 0) is 4.74 Å². The molecule has 1 aliphatic rings. The Balaban J connectivity index is 1.82. The van der Waals surface area contributed by atoms with E-state index in [9.17, 15) is 0 Å². The second-order valence-electron chi connectivity index (χ2n) is 4.47. The van der Waals surface area contributed by atoms with Gasteiger partial charge < -0.3 is 15.0 Å². The quantitative estimate of drug-likeness (QED) is 0.911. The van der Waals surface area contributed by atoms with Crippen molar-refractivity contribution in [1.82, 2.24) is 15.3 Å². The zero-order valence-corrected chi connectivity index (χ0v) is 12.6. The average molecular weight is 318 g/mol. The number of aromatic nitrogens is 2. The predicted molar refractivity (Wildman–Crippen MR) is 78.1 cm³/mol. The fourth-order valence-corrected chi connectivity index (χ4v) is 3.76. The summed E-state index contributed by atoms with van der Waals surface area (Å²) in [4.78, 5) is 7.73. The van der Waals surface area contributed by atoms with Crippen molar-refractivity contribution in [2.24, 2.45) is 0 Å². The van der Waals surface area contributed by atoms with Crippen LogP contribution in [0.5, 0.6) is 0 Å².